The Kier molecular flexibility index (Phi) is 1.72. The van der Waals surface area contributed by atoms with Gasteiger partial charge in [-0.25, -0.2) is 0 Å². The van der Waals surface area contributed by atoms with E-state index in [0.29, 0.717) is 6.07 Å². The predicted molar refractivity (Wildman–Crippen MR) is 28.5 cm³/mol. The Labute approximate surface area is 59.6 Å². The van der Waals surface area contributed by atoms with E-state index in [-0.39, 0.29) is 0 Å². The summed E-state index contributed by atoms with van der Waals surface area (Å²) in [5.41, 5.74) is -1.09. The zero-order valence-corrected chi connectivity index (χ0v) is 5.11. The highest BCUT2D eigenvalue weighted by Gasteiger charge is 2.35. The molecule has 0 N–H and O–H groups in total. The molecule has 1 heterocycles. The fourth-order valence-corrected chi connectivity index (χ4v) is 0.612. The van der Waals surface area contributed by atoms with Crippen LogP contribution in [0.3, 0.4) is 0 Å². The van der Waals surface area contributed by atoms with E-state index in [1.165, 1.54) is 0 Å². The Balaban J connectivity index is 3.12. The maximum Gasteiger partial charge on any atom is 0.420 e. The summed E-state index contributed by atoms with van der Waals surface area (Å²) in [6.07, 6.45) is -2.70. The highest BCUT2D eigenvalue weighted by molar-refractivity contribution is 5.73. The Morgan fingerprint density at radius 3 is 2.45 bits per heavy atom. The zero-order chi connectivity index (χ0) is 8.48. The van der Waals surface area contributed by atoms with Crippen molar-refractivity contribution in [1.82, 2.24) is 0 Å². The molecule has 1 aromatic rings. The summed E-state index contributed by atoms with van der Waals surface area (Å²) >= 11 is 0. The average Bonchev–Trinajstić information content (AvgIpc) is 2.31. The van der Waals surface area contributed by atoms with Gasteiger partial charge >= 0.3 is 6.18 Å². The van der Waals surface area contributed by atoms with Gasteiger partial charge in [-0.15, -0.1) is 0 Å². The van der Waals surface area contributed by atoms with Gasteiger partial charge in [0, 0.05) is 0 Å². The van der Waals surface area contributed by atoms with Crippen molar-refractivity contribution in [2.45, 2.75) is 6.18 Å². The smallest absolute Gasteiger partial charge is 0.420 e. The summed E-state index contributed by atoms with van der Waals surface area (Å²) in [6.45, 7) is 0. The minimum atomic E-state index is -4.54. The van der Waals surface area contributed by atoms with Gasteiger partial charge in [0.1, 0.15) is 5.56 Å². The van der Waals surface area contributed by atoms with Crippen LogP contribution in [0.4, 0.5) is 13.2 Å². The van der Waals surface area contributed by atoms with Crippen LogP contribution < -0.4 is 0 Å². The largest absolute Gasteiger partial charge is 0.460 e. The molecule has 59 valence electrons. The van der Waals surface area contributed by atoms with Gasteiger partial charge in [-0.2, -0.15) is 13.2 Å². The molecule has 1 radical (unpaired) electrons. The molecular formula is C6H2F3O2. The molecule has 0 aliphatic heterocycles. The van der Waals surface area contributed by atoms with E-state index in [1.807, 2.05) is 0 Å². The number of hydrogen-bond donors (Lipinski definition) is 0. The van der Waals surface area contributed by atoms with Gasteiger partial charge in [0.25, 0.3) is 6.29 Å². The first-order valence-corrected chi connectivity index (χ1v) is 2.58. The van der Waals surface area contributed by atoms with Gasteiger partial charge in [0.05, 0.1) is 6.26 Å². The second kappa shape index (κ2) is 2.41. The van der Waals surface area contributed by atoms with Gasteiger partial charge in [-0.1, -0.05) is 0 Å². The number of furan rings is 1. The summed E-state index contributed by atoms with van der Waals surface area (Å²) in [4.78, 5) is 9.82. The molecule has 0 aromatic carbocycles. The van der Waals surface area contributed by atoms with E-state index < -0.39 is 17.5 Å². The van der Waals surface area contributed by atoms with Crippen LogP contribution in [0.5, 0.6) is 0 Å². The van der Waals surface area contributed by atoms with Crippen molar-refractivity contribution in [2.24, 2.45) is 0 Å². The van der Waals surface area contributed by atoms with Crippen molar-refractivity contribution < 1.29 is 22.4 Å². The lowest BCUT2D eigenvalue weighted by Gasteiger charge is -2.01. The summed E-state index contributed by atoms with van der Waals surface area (Å²) in [7, 11) is 0. The first-order chi connectivity index (χ1) is 5.05. The Bertz CT molecular complexity index is 261. The maximum absolute atomic E-state index is 11.8. The van der Waals surface area contributed by atoms with Crippen molar-refractivity contribution in [3.8, 4) is 0 Å². The minimum absolute atomic E-state index is 0.681. The SMILES string of the molecule is O=[C]c1occc1C(F)(F)F. The van der Waals surface area contributed by atoms with Crippen LogP contribution in [0.15, 0.2) is 16.7 Å². The standard InChI is InChI=1S/C6H2F3O2/c7-6(8,9)4-1-2-11-5(4)3-10/h1-2H. The molecule has 0 aliphatic carbocycles. The highest BCUT2D eigenvalue weighted by atomic mass is 19.4. The third-order valence-electron chi connectivity index (χ3n) is 1.06. The van der Waals surface area contributed by atoms with E-state index in [2.05, 4.69) is 4.42 Å². The highest BCUT2D eigenvalue weighted by Crippen LogP contribution is 2.31. The summed E-state index contributed by atoms with van der Waals surface area (Å²) in [5.74, 6) is -0.808. The fraction of sp³-hybridized carbons (Fsp3) is 0.167. The van der Waals surface area contributed by atoms with Crippen molar-refractivity contribution >= 4 is 6.29 Å². The van der Waals surface area contributed by atoms with Gasteiger partial charge in [-0.3, -0.25) is 4.79 Å². The van der Waals surface area contributed by atoms with E-state index in [1.54, 1.807) is 0 Å². The van der Waals surface area contributed by atoms with E-state index >= 15 is 0 Å². The second-order valence-corrected chi connectivity index (χ2v) is 1.76. The quantitative estimate of drug-likeness (QED) is 0.631. The molecule has 0 fully saturated rings. The molecule has 0 spiro atoms. The van der Waals surface area contributed by atoms with E-state index in [4.69, 9.17) is 0 Å². The zero-order valence-electron chi connectivity index (χ0n) is 5.11. The maximum atomic E-state index is 11.8. The van der Waals surface area contributed by atoms with E-state index in [9.17, 15) is 18.0 Å². The van der Waals surface area contributed by atoms with Crippen LogP contribution in [0.2, 0.25) is 0 Å². The molecule has 0 amide bonds. The number of hydrogen-bond acceptors (Lipinski definition) is 2. The lowest BCUT2D eigenvalue weighted by atomic mass is 10.2. The Morgan fingerprint density at radius 1 is 1.45 bits per heavy atom. The molecule has 5 heteroatoms. The van der Waals surface area contributed by atoms with Crippen molar-refractivity contribution in [2.75, 3.05) is 0 Å². The number of carbonyl (C=O) groups excluding carboxylic acids is 1. The van der Waals surface area contributed by atoms with Crippen molar-refractivity contribution in [3.63, 3.8) is 0 Å². The first-order valence-electron chi connectivity index (χ1n) is 2.58. The number of halogens is 3. The third-order valence-corrected chi connectivity index (χ3v) is 1.06. The van der Waals surface area contributed by atoms with Crippen LogP contribution in [-0.2, 0) is 11.0 Å². The van der Waals surface area contributed by atoms with Crippen LogP contribution in [0.1, 0.15) is 11.3 Å². The molecule has 0 unspecified atom stereocenters. The fourth-order valence-electron chi connectivity index (χ4n) is 0.612. The van der Waals surface area contributed by atoms with Crippen LogP contribution in [0.25, 0.3) is 0 Å². The minimum Gasteiger partial charge on any atom is -0.460 e. The normalized spacial score (nSPS) is 11.5. The Hall–Kier alpha value is -1.26. The van der Waals surface area contributed by atoms with Crippen LogP contribution >= 0.6 is 0 Å². The van der Waals surface area contributed by atoms with Gasteiger partial charge in [-0.05, 0) is 6.07 Å². The molecule has 2 nitrogen and oxygen atoms in total. The Morgan fingerprint density at radius 2 is 2.09 bits per heavy atom. The molecular weight excluding hydrogens is 161 g/mol. The van der Waals surface area contributed by atoms with Crippen LogP contribution in [-0.4, -0.2) is 6.29 Å². The number of alkyl halides is 3. The van der Waals surface area contributed by atoms with Crippen molar-refractivity contribution in [1.29, 1.82) is 0 Å². The average molecular weight is 163 g/mol. The van der Waals surface area contributed by atoms with Crippen LogP contribution in [0, 0.1) is 0 Å². The molecule has 0 aliphatic rings. The van der Waals surface area contributed by atoms with E-state index in [0.717, 1.165) is 12.5 Å². The molecule has 0 bridgehead atoms. The number of rotatable bonds is 1. The van der Waals surface area contributed by atoms with Gasteiger partial charge in [0.2, 0.25) is 0 Å². The molecule has 1 rings (SSSR count). The molecule has 1 aromatic heterocycles. The second-order valence-electron chi connectivity index (χ2n) is 1.76. The first kappa shape index (κ1) is 7.84. The molecule has 0 saturated heterocycles. The lowest BCUT2D eigenvalue weighted by molar-refractivity contribution is -0.138. The van der Waals surface area contributed by atoms with Crippen molar-refractivity contribution in [3.05, 3.63) is 23.7 Å². The lowest BCUT2D eigenvalue weighted by Crippen LogP contribution is -2.05. The molecule has 0 saturated carbocycles. The third kappa shape index (κ3) is 1.42. The predicted octanol–water partition coefficient (Wildman–Crippen LogP) is 1.76. The summed E-state index contributed by atoms with van der Waals surface area (Å²) in [6, 6.07) is 0.681. The molecule has 0 atom stereocenters. The summed E-state index contributed by atoms with van der Waals surface area (Å²) < 4.78 is 39.7. The van der Waals surface area contributed by atoms with Gasteiger partial charge in [0.15, 0.2) is 5.76 Å². The summed E-state index contributed by atoms with van der Waals surface area (Å²) in [5, 5.41) is 0. The topological polar surface area (TPSA) is 30.2 Å². The monoisotopic (exact) mass is 163 g/mol. The molecule has 11 heavy (non-hydrogen) atoms. The van der Waals surface area contributed by atoms with Gasteiger partial charge < -0.3 is 4.42 Å².